The van der Waals surface area contributed by atoms with Gasteiger partial charge in [0.25, 0.3) is 0 Å². The summed E-state index contributed by atoms with van der Waals surface area (Å²) < 4.78 is 5.20. The second kappa shape index (κ2) is 7.39. The molecule has 0 amide bonds. The first-order valence-corrected chi connectivity index (χ1v) is 6.75. The molecule has 1 N–H and O–H groups in total. The number of hydrogen-bond acceptors (Lipinski definition) is 4. The fourth-order valence-electron chi connectivity index (χ4n) is 1.39. The Morgan fingerprint density at radius 1 is 1.50 bits per heavy atom. The molecule has 0 saturated carbocycles. The van der Waals surface area contributed by atoms with E-state index in [4.69, 9.17) is 4.74 Å². The summed E-state index contributed by atoms with van der Waals surface area (Å²) in [5.41, 5.74) is 2.13. The maximum Gasteiger partial charge on any atom is 0.237 e. The Hall–Kier alpha value is -0.900. The zero-order valence-corrected chi connectivity index (χ0v) is 11.1. The first-order chi connectivity index (χ1) is 7.77. The van der Waals surface area contributed by atoms with Crippen molar-refractivity contribution in [1.29, 1.82) is 0 Å². The average Bonchev–Trinajstić information content (AvgIpc) is 2.29. The molecule has 0 radical (unpaired) electrons. The molecule has 0 aliphatic rings. The van der Waals surface area contributed by atoms with Crippen molar-refractivity contribution in [3.05, 3.63) is 17.8 Å². The minimum absolute atomic E-state index is 0.675. The van der Waals surface area contributed by atoms with Crippen molar-refractivity contribution in [2.75, 3.05) is 30.5 Å². The molecule has 0 aliphatic carbocycles. The number of aromatic nitrogens is 1. The van der Waals surface area contributed by atoms with E-state index in [-0.39, 0.29) is 0 Å². The summed E-state index contributed by atoms with van der Waals surface area (Å²) in [5.74, 6) is 3.06. The smallest absolute Gasteiger partial charge is 0.237 e. The molecule has 1 aromatic heterocycles. The van der Waals surface area contributed by atoms with E-state index in [0.29, 0.717) is 5.88 Å². The van der Waals surface area contributed by atoms with E-state index in [2.05, 4.69) is 23.3 Å². The molecule has 0 atom stereocenters. The van der Waals surface area contributed by atoms with Crippen LogP contribution in [-0.4, -0.2) is 30.1 Å². The molecule has 1 aromatic rings. The normalized spacial score (nSPS) is 10.2. The highest BCUT2D eigenvalue weighted by molar-refractivity contribution is 7.99. The molecule has 0 fully saturated rings. The van der Waals surface area contributed by atoms with Crippen LogP contribution < -0.4 is 10.1 Å². The first-order valence-electron chi connectivity index (χ1n) is 5.60. The maximum absolute atomic E-state index is 5.20. The van der Waals surface area contributed by atoms with Crippen LogP contribution in [0.3, 0.4) is 0 Å². The van der Waals surface area contributed by atoms with Gasteiger partial charge in [-0.15, -0.1) is 0 Å². The van der Waals surface area contributed by atoms with E-state index in [1.165, 1.54) is 11.5 Å². The highest BCUT2D eigenvalue weighted by Crippen LogP contribution is 2.21. The predicted octanol–water partition coefficient (Wildman–Crippen LogP) is 2.95. The molecule has 1 rings (SSSR count). The van der Waals surface area contributed by atoms with Crippen molar-refractivity contribution in [3.63, 3.8) is 0 Å². The summed E-state index contributed by atoms with van der Waals surface area (Å²) in [7, 11) is 1.65. The van der Waals surface area contributed by atoms with Gasteiger partial charge in [-0.25, -0.2) is 4.98 Å². The lowest BCUT2D eigenvalue weighted by molar-refractivity contribution is 0.399. The summed E-state index contributed by atoms with van der Waals surface area (Å²) in [5, 5.41) is 3.36. The Labute approximate surface area is 102 Å². The molecule has 3 nitrogen and oxygen atoms in total. The van der Waals surface area contributed by atoms with Gasteiger partial charge in [-0.05, 0) is 36.5 Å². The van der Waals surface area contributed by atoms with E-state index >= 15 is 0 Å². The molecule has 0 spiro atoms. The third kappa shape index (κ3) is 4.31. The van der Waals surface area contributed by atoms with Crippen molar-refractivity contribution in [1.82, 2.24) is 4.98 Å². The van der Waals surface area contributed by atoms with Crippen LogP contribution in [0, 0.1) is 6.92 Å². The number of nitrogens with zero attached hydrogens (tertiary/aromatic N) is 1. The summed E-state index contributed by atoms with van der Waals surface area (Å²) >= 11 is 1.97. The average molecular weight is 240 g/mol. The van der Waals surface area contributed by atoms with Crippen molar-refractivity contribution in [2.45, 2.75) is 20.3 Å². The third-order valence-electron chi connectivity index (χ3n) is 2.17. The lowest BCUT2D eigenvalue weighted by Crippen LogP contribution is -2.05. The molecular weight excluding hydrogens is 220 g/mol. The van der Waals surface area contributed by atoms with Crippen molar-refractivity contribution >= 4 is 17.4 Å². The van der Waals surface area contributed by atoms with Gasteiger partial charge in [0.15, 0.2) is 0 Å². The van der Waals surface area contributed by atoms with Crippen LogP contribution in [0.15, 0.2) is 12.3 Å². The number of pyridine rings is 1. The number of thioether (sulfide) groups is 1. The zero-order valence-electron chi connectivity index (χ0n) is 10.2. The van der Waals surface area contributed by atoms with Gasteiger partial charge in [0, 0.05) is 12.7 Å². The standard InChI is InChI=1S/C12H20N2OS/c1-4-16-7-5-6-13-11-8-10(2)9-14-12(11)15-3/h8-9,13H,4-7H2,1-3H3. The number of rotatable bonds is 7. The summed E-state index contributed by atoms with van der Waals surface area (Å²) in [6, 6.07) is 2.07. The van der Waals surface area contributed by atoms with E-state index < -0.39 is 0 Å². The Balaban J connectivity index is 2.42. The van der Waals surface area contributed by atoms with E-state index in [1.807, 2.05) is 24.9 Å². The Morgan fingerprint density at radius 2 is 2.31 bits per heavy atom. The number of methoxy groups -OCH3 is 1. The van der Waals surface area contributed by atoms with Crippen LogP contribution in [-0.2, 0) is 0 Å². The van der Waals surface area contributed by atoms with Crippen LogP contribution in [0.5, 0.6) is 5.88 Å². The van der Waals surface area contributed by atoms with Gasteiger partial charge in [-0.2, -0.15) is 11.8 Å². The number of nitrogens with one attached hydrogen (secondary N) is 1. The summed E-state index contributed by atoms with van der Waals surface area (Å²) in [6.07, 6.45) is 2.98. The molecular formula is C12H20N2OS. The second-order valence-corrected chi connectivity index (χ2v) is 4.94. The molecule has 0 saturated heterocycles. The molecule has 0 aromatic carbocycles. The van der Waals surface area contributed by atoms with Crippen LogP contribution in [0.1, 0.15) is 18.9 Å². The van der Waals surface area contributed by atoms with Gasteiger partial charge in [0.05, 0.1) is 12.8 Å². The van der Waals surface area contributed by atoms with E-state index in [1.54, 1.807) is 7.11 Å². The van der Waals surface area contributed by atoms with E-state index in [9.17, 15) is 0 Å². The molecule has 0 bridgehead atoms. The number of aryl methyl sites for hydroxylation is 1. The van der Waals surface area contributed by atoms with Crippen molar-refractivity contribution < 1.29 is 4.74 Å². The fraction of sp³-hybridized carbons (Fsp3) is 0.583. The molecule has 90 valence electrons. The number of ether oxygens (including phenoxy) is 1. The van der Waals surface area contributed by atoms with Crippen molar-refractivity contribution in [3.8, 4) is 5.88 Å². The summed E-state index contributed by atoms with van der Waals surface area (Å²) in [6.45, 7) is 5.19. The highest BCUT2D eigenvalue weighted by Gasteiger charge is 2.03. The number of anilines is 1. The minimum atomic E-state index is 0.675. The molecule has 1 heterocycles. The lowest BCUT2D eigenvalue weighted by atomic mass is 10.3. The van der Waals surface area contributed by atoms with Gasteiger partial charge in [-0.1, -0.05) is 6.92 Å². The molecule has 16 heavy (non-hydrogen) atoms. The van der Waals surface area contributed by atoms with Crippen LogP contribution in [0.25, 0.3) is 0 Å². The molecule has 0 aliphatic heterocycles. The van der Waals surface area contributed by atoms with Gasteiger partial charge >= 0.3 is 0 Å². The zero-order chi connectivity index (χ0) is 11.8. The van der Waals surface area contributed by atoms with Gasteiger partial charge in [0.2, 0.25) is 5.88 Å². The monoisotopic (exact) mass is 240 g/mol. The summed E-state index contributed by atoms with van der Waals surface area (Å²) in [4.78, 5) is 4.22. The molecule has 4 heteroatoms. The quantitative estimate of drug-likeness (QED) is 0.743. The third-order valence-corrected chi connectivity index (χ3v) is 3.15. The topological polar surface area (TPSA) is 34.2 Å². The largest absolute Gasteiger partial charge is 0.480 e. The SMILES string of the molecule is CCSCCCNc1cc(C)cnc1OC. The van der Waals surface area contributed by atoms with Gasteiger partial charge in [0.1, 0.15) is 0 Å². The Kier molecular flexibility index (Phi) is 6.08. The lowest BCUT2D eigenvalue weighted by Gasteiger charge is -2.10. The first kappa shape index (κ1) is 13.2. The van der Waals surface area contributed by atoms with Crippen LogP contribution in [0.4, 0.5) is 5.69 Å². The van der Waals surface area contributed by atoms with Gasteiger partial charge in [-0.3, -0.25) is 0 Å². The number of hydrogen-bond donors (Lipinski definition) is 1. The second-order valence-electron chi connectivity index (χ2n) is 3.55. The fourth-order valence-corrected chi connectivity index (χ4v) is 2.02. The molecule has 0 unspecified atom stereocenters. The predicted molar refractivity (Wildman–Crippen MR) is 71.6 cm³/mol. The Morgan fingerprint density at radius 3 is 3.00 bits per heavy atom. The Bertz CT molecular complexity index is 318. The van der Waals surface area contributed by atoms with Crippen LogP contribution in [0.2, 0.25) is 0 Å². The highest BCUT2D eigenvalue weighted by atomic mass is 32.2. The van der Waals surface area contributed by atoms with Crippen LogP contribution >= 0.6 is 11.8 Å². The minimum Gasteiger partial charge on any atom is -0.480 e. The van der Waals surface area contributed by atoms with Crippen molar-refractivity contribution in [2.24, 2.45) is 0 Å². The maximum atomic E-state index is 5.20. The van der Waals surface area contributed by atoms with Gasteiger partial charge < -0.3 is 10.1 Å². The van der Waals surface area contributed by atoms with E-state index in [0.717, 1.165) is 24.2 Å².